The number of rotatable bonds is 9. The fraction of sp³-hybridized carbons (Fsp3) is 0.435. The fourth-order valence-corrected chi connectivity index (χ4v) is 5.55. The first-order chi connectivity index (χ1) is 16.8. The predicted octanol–water partition coefficient (Wildman–Crippen LogP) is 4.41. The molecule has 1 heterocycles. The van der Waals surface area contributed by atoms with Gasteiger partial charge in [-0.05, 0) is 49.4 Å². The lowest BCUT2D eigenvalue weighted by molar-refractivity contribution is -0.275. The number of nitrogens with one attached hydrogen (secondary N) is 2. The quantitative estimate of drug-likeness (QED) is 0.466. The molecule has 2 N–H and O–H groups in total. The normalized spacial score (nSPS) is 16.8. The van der Waals surface area contributed by atoms with Crippen molar-refractivity contribution in [3.63, 3.8) is 0 Å². The molecule has 2 aromatic rings. The molecular formula is C23H26Cl2F3N3O4S. The maximum Gasteiger partial charge on any atom is 0.573 e. The van der Waals surface area contributed by atoms with Crippen molar-refractivity contribution < 1.29 is 31.1 Å². The van der Waals surface area contributed by atoms with Crippen LogP contribution in [0.1, 0.15) is 34.8 Å². The average Bonchev–Trinajstić information content (AvgIpc) is 3.26. The molecule has 1 saturated heterocycles. The van der Waals surface area contributed by atoms with Crippen molar-refractivity contribution in [2.24, 2.45) is 0 Å². The first kappa shape index (κ1) is 28.5. The maximum absolute atomic E-state index is 13.2. The summed E-state index contributed by atoms with van der Waals surface area (Å²) in [5.74, 6) is -1.48. The molecule has 1 fully saturated rings. The van der Waals surface area contributed by atoms with Crippen LogP contribution in [0.25, 0.3) is 0 Å². The van der Waals surface area contributed by atoms with Crippen LogP contribution >= 0.6 is 23.2 Å². The summed E-state index contributed by atoms with van der Waals surface area (Å²) in [5, 5.41) is 5.88. The van der Waals surface area contributed by atoms with Crippen LogP contribution in [0.5, 0.6) is 5.75 Å². The van der Waals surface area contributed by atoms with Crippen LogP contribution in [0.15, 0.2) is 35.2 Å². The molecule has 0 saturated carbocycles. The number of alkyl halides is 3. The summed E-state index contributed by atoms with van der Waals surface area (Å²) >= 11 is 12.3. The van der Waals surface area contributed by atoms with Crippen molar-refractivity contribution in [2.75, 3.05) is 25.9 Å². The molecule has 198 valence electrons. The third-order valence-electron chi connectivity index (χ3n) is 5.88. The average molecular weight is 568 g/mol. The van der Waals surface area contributed by atoms with Crippen molar-refractivity contribution in [1.82, 2.24) is 15.5 Å². The molecule has 36 heavy (non-hydrogen) atoms. The van der Waals surface area contributed by atoms with Gasteiger partial charge in [-0.2, -0.15) is 0 Å². The molecule has 0 radical (unpaired) electrons. The summed E-state index contributed by atoms with van der Waals surface area (Å²) in [5.41, 5.74) is 0.202. The van der Waals surface area contributed by atoms with Gasteiger partial charge < -0.3 is 15.4 Å². The molecule has 0 aromatic heterocycles. The minimum atomic E-state index is -4.99. The lowest BCUT2D eigenvalue weighted by Gasteiger charge is -2.21. The standard InChI is InChI=1S/C23H26Cl2F3N3O4S/c1-3-36(33,34)21-5-4-16(24)8-15(21)11-30-22(32)14-9-19(25)18(20(10-14)35-23(26,27)28)13-31-7-6-17(12-31)29-2/h4-5,8-10,17,29H,3,6-7,11-13H2,1-2H3,(H,30,32)/t17-/m0/s1. The Bertz CT molecular complexity index is 1230. The Hall–Kier alpha value is -2.05. The van der Waals surface area contributed by atoms with E-state index in [2.05, 4.69) is 15.4 Å². The number of ether oxygens (including phenoxy) is 1. The number of likely N-dealkylation sites (N-methyl/N-ethyl adjacent to an activating group) is 1. The number of sulfone groups is 1. The molecule has 1 aliphatic heterocycles. The van der Waals surface area contributed by atoms with Gasteiger partial charge >= 0.3 is 6.36 Å². The van der Waals surface area contributed by atoms with E-state index in [-0.39, 0.29) is 56.5 Å². The highest BCUT2D eigenvalue weighted by Crippen LogP contribution is 2.34. The molecule has 2 aromatic carbocycles. The minimum Gasteiger partial charge on any atom is -0.405 e. The van der Waals surface area contributed by atoms with Crippen molar-refractivity contribution in [3.8, 4) is 5.75 Å². The molecule has 1 aliphatic rings. The van der Waals surface area contributed by atoms with Gasteiger partial charge in [0.05, 0.1) is 10.6 Å². The Morgan fingerprint density at radius 3 is 2.56 bits per heavy atom. The Morgan fingerprint density at radius 1 is 1.22 bits per heavy atom. The van der Waals surface area contributed by atoms with Crippen LogP contribution in [-0.2, 0) is 22.9 Å². The highest BCUT2D eigenvalue weighted by atomic mass is 35.5. The van der Waals surface area contributed by atoms with Crippen LogP contribution in [-0.4, -0.2) is 57.5 Å². The SMILES string of the molecule is CCS(=O)(=O)c1ccc(Cl)cc1CNC(=O)c1cc(Cl)c(CN2CC[C@H](NC)C2)c(OC(F)(F)F)c1. The third-order valence-corrected chi connectivity index (χ3v) is 8.28. The van der Waals surface area contributed by atoms with Gasteiger partial charge in [0.15, 0.2) is 9.84 Å². The van der Waals surface area contributed by atoms with Crippen LogP contribution in [0.2, 0.25) is 10.0 Å². The molecule has 3 rings (SSSR count). The summed E-state index contributed by atoms with van der Waals surface area (Å²) in [6.07, 6.45) is -4.15. The van der Waals surface area contributed by atoms with Gasteiger partial charge in [-0.3, -0.25) is 9.69 Å². The van der Waals surface area contributed by atoms with E-state index >= 15 is 0 Å². The molecule has 0 bridgehead atoms. The van der Waals surface area contributed by atoms with Gasteiger partial charge in [0.25, 0.3) is 5.91 Å². The van der Waals surface area contributed by atoms with Crippen molar-refractivity contribution in [2.45, 2.75) is 43.7 Å². The number of hydrogen-bond donors (Lipinski definition) is 2. The molecule has 1 amide bonds. The third kappa shape index (κ3) is 7.25. The maximum atomic E-state index is 13.2. The van der Waals surface area contributed by atoms with Gasteiger partial charge in [-0.25, -0.2) is 8.42 Å². The fourth-order valence-electron chi connectivity index (χ4n) is 3.97. The number of carbonyl (C=O) groups is 1. The monoisotopic (exact) mass is 567 g/mol. The van der Waals surface area contributed by atoms with E-state index in [0.717, 1.165) is 12.5 Å². The Balaban J connectivity index is 1.86. The second-order valence-electron chi connectivity index (χ2n) is 8.33. The molecule has 0 unspecified atom stereocenters. The first-order valence-electron chi connectivity index (χ1n) is 11.1. The molecule has 7 nitrogen and oxygen atoms in total. The summed E-state index contributed by atoms with van der Waals surface area (Å²) in [6.45, 7) is 2.67. The van der Waals surface area contributed by atoms with E-state index in [0.29, 0.717) is 13.1 Å². The summed E-state index contributed by atoms with van der Waals surface area (Å²) < 4.78 is 68.5. The second-order valence-corrected chi connectivity index (χ2v) is 11.4. The molecule has 1 atom stereocenters. The molecular weight excluding hydrogens is 542 g/mol. The van der Waals surface area contributed by atoms with Crippen LogP contribution < -0.4 is 15.4 Å². The number of amides is 1. The van der Waals surface area contributed by atoms with Gasteiger partial charge in [-0.1, -0.05) is 30.1 Å². The minimum absolute atomic E-state index is 0.00894. The predicted molar refractivity (Wildman–Crippen MR) is 131 cm³/mol. The van der Waals surface area contributed by atoms with E-state index in [1.807, 2.05) is 11.9 Å². The smallest absolute Gasteiger partial charge is 0.405 e. The number of halogens is 5. The number of hydrogen-bond acceptors (Lipinski definition) is 6. The van der Waals surface area contributed by atoms with E-state index < -0.39 is 27.9 Å². The highest BCUT2D eigenvalue weighted by molar-refractivity contribution is 7.91. The molecule has 0 spiro atoms. The van der Waals surface area contributed by atoms with E-state index in [1.165, 1.54) is 31.2 Å². The lowest BCUT2D eigenvalue weighted by Crippen LogP contribution is -2.30. The van der Waals surface area contributed by atoms with Crippen molar-refractivity contribution in [3.05, 3.63) is 57.1 Å². The lowest BCUT2D eigenvalue weighted by atomic mass is 10.1. The number of nitrogens with zero attached hydrogens (tertiary/aromatic N) is 1. The number of carbonyl (C=O) groups excluding carboxylic acids is 1. The molecule has 0 aliphatic carbocycles. The highest BCUT2D eigenvalue weighted by Gasteiger charge is 2.34. The van der Waals surface area contributed by atoms with Crippen molar-refractivity contribution >= 4 is 38.9 Å². The van der Waals surface area contributed by atoms with E-state index in [4.69, 9.17) is 23.2 Å². The summed E-state index contributed by atoms with van der Waals surface area (Å²) in [7, 11) is -1.78. The summed E-state index contributed by atoms with van der Waals surface area (Å²) in [6, 6.07) is 6.65. The molecule has 13 heteroatoms. The zero-order valence-corrected chi connectivity index (χ0v) is 21.9. The number of likely N-dealkylation sites (tertiary alicyclic amines) is 1. The largest absolute Gasteiger partial charge is 0.573 e. The Kier molecular flexibility index (Phi) is 9.16. The second kappa shape index (κ2) is 11.6. The van der Waals surface area contributed by atoms with Gasteiger partial charge in [0, 0.05) is 53.4 Å². The van der Waals surface area contributed by atoms with Gasteiger partial charge in [-0.15, -0.1) is 13.2 Å². The topological polar surface area (TPSA) is 87.7 Å². The zero-order chi connectivity index (χ0) is 26.7. The van der Waals surface area contributed by atoms with E-state index in [1.54, 1.807) is 0 Å². The summed E-state index contributed by atoms with van der Waals surface area (Å²) in [4.78, 5) is 14.8. The number of benzene rings is 2. The van der Waals surface area contributed by atoms with Crippen molar-refractivity contribution in [1.29, 1.82) is 0 Å². The van der Waals surface area contributed by atoms with E-state index in [9.17, 15) is 26.4 Å². The van der Waals surface area contributed by atoms with Crippen LogP contribution in [0.4, 0.5) is 13.2 Å². The Morgan fingerprint density at radius 2 is 1.94 bits per heavy atom. The first-order valence-corrected chi connectivity index (χ1v) is 13.5. The van der Waals surface area contributed by atoms with Gasteiger partial charge in [0.2, 0.25) is 0 Å². The van der Waals surface area contributed by atoms with Crippen LogP contribution in [0.3, 0.4) is 0 Å². The van der Waals surface area contributed by atoms with Crippen LogP contribution in [0, 0.1) is 0 Å². The Labute approximate surface area is 217 Å². The zero-order valence-electron chi connectivity index (χ0n) is 19.6. The van der Waals surface area contributed by atoms with Gasteiger partial charge in [0.1, 0.15) is 5.75 Å².